The Morgan fingerprint density at radius 1 is 1.91 bits per heavy atom. The molecular weight excluding hydrogens is 168 g/mol. The number of rotatable bonds is 2. The number of hydrogen-bond acceptors (Lipinski definition) is 3. The molecule has 1 aromatic rings. The summed E-state index contributed by atoms with van der Waals surface area (Å²) >= 11 is 4.97. The van der Waals surface area contributed by atoms with Crippen LogP contribution in [-0.4, -0.2) is 15.2 Å². The van der Waals surface area contributed by atoms with Gasteiger partial charge in [-0.2, -0.15) is 5.10 Å². The fraction of sp³-hybridized carbons (Fsp3) is 0.333. The van der Waals surface area contributed by atoms with Crippen LogP contribution in [0.3, 0.4) is 0 Å². The Hall–Kier alpha value is -1.03. The standard InChI is InChI=1S/C6H7ClN2O2/c1-2-9-4-5(3-8-9)11-6(7)10/h3-4H,2H2,1H3. The van der Waals surface area contributed by atoms with Crippen LogP contribution >= 0.6 is 11.6 Å². The fourth-order valence-electron chi connectivity index (χ4n) is 0.663. The predicted molar refractivity (Wildman–Crippen MR) is 39.8 cm³/mol. The van der Waals surface area contributed by atoms with E-state index in [-0.39, 0.29) is 0 Å². The SMILES string of the molecule is CCn1cc(OC(=O)Cl)cn1. The molecule has 0 atom stereocenters. The minimum Gasteiger partial charge on any atom is -0.411 e. The van der Waals surface area contributed by atoms with Crippen molar-refractivity contribution < 1.29 is 9.53 Å². The van der Waals surface area contributed by atoms with Gasteiger partial charge >= 0.3 is 5.43 Å². The molecule has 4 nitrogen and oxygen atoms in total. The normalized spacial score (nSPS) is 9.64. The average molecular weight is 175 g/mol. The third-order valence-electron chi connectivity index (χ3n) is 1.13. The van der Waals surface area contributed by atoms with Crippen LogP contribution in [0, 0.1) is 0 Å². The first kappa shape index (κ1) is 8.07. The monoisotopic (exact) mass is 174 g/mol. The topological polar surface area (TPSA) is 44.1 Å². The van der Waals surface area contributed by atoms with Crippen LogP contribution in [0.1, 0.15) is 6.92 Å². The van der Waals surface area contributed by atoms with Crippen LogP contribution in [0.4, 0.5) is 4.79 Å². The molecule has 0 aromatic carbocycles. The van der Waals surface area contributed by atoms with E-state index in [4.69, 9.17) is 11.6 Å². The molecule has 0 aliphatic heterocycles. The van der Waals surface area contributed by atoms with Gasteiger partial charge in [0.15, 0.2) is 5.75 Å². The van der Waals surface area contributed by atoms with E-state index in [0.717, 1.165) is 6.54 Å². The summed E-state index contributed by atoms with van der Waals surface area (Å²) in [5.41, 5.74) is -0.847. The second-order valence-electron chi connectivity index (χ2n) is 1.87. The first-order valence-corrected chi connectivity index (χ1v) is 3.50. The summed E-state index contributed by atoms with van der Waals surface area (Å²) in [6, 6.07) is 0. The molecular formula is C6H7ClN2O2. The van der Waals surface area contributed by atoms with Gasteiger partial charge in [0, 0.05) is 18.1 Å². The molecule has 0 fully saturated rings. The minimum atomic E-state index is -0.847. The van der Waals surface area contributed by atoms with Gasteiger partial charge in [0.1, 0.15) is 0 Å². The number of halogens is 1. The first-order valence-electron chi connectivity index (χ1n) is 3.12. The zero-order valence-corrected chi connectivity index (χ0v) is 6.71. The molecule has 1 aromatic heterocycles. The van der Waals surface area contributed by atoms with Gasteiger partial charge in [0.25, 0.3) is 0 Å². The maximum Gasteiger partial charge on any atom is 0.409 e. The van der Waals surface area contributed by atoms with Crippen molar-refractivity contribution in [1.29, 1.82) is 0 Å². The highest BCUT2D eigenvalue weighted by Gasteiger charge is 2.01. The lowest BCUT2D eigenvalue weighted by molar-refractivity contribution is 0.225. The molecule has 11 heavy (non-hydrogen) atoms. The van der Waals surface area contributed by atoms with E-state index in [9.17, 15) is 4.79 Å². The molecule has 0 radical (unpaired) electrons. The van der Waals surface area contributed by atoms with Crippen molar-refractivity contribution in [2.45, 2.75) is 13.5 Å². The van der Waals surface area contributed by atoms with Gasteiger partial charge in [-0.15, -0.1) is 0 Å². The number of carbonyl (C=O) groups is 1. The lowest BCUT2D eigenvalue weighted by atomic mass is 10.6. The van der Waals surface area contributed by atoms with Crippen molar-refractivity contribution in [3.63, 3.8) is 0 Å². The van der Waals surface area contributed by atoms with Crippen LogP contribution in [0.5, 0.6) is 5.75 Å². The highest BCUT2D eigenvalue weighted by molar-refractivity contribution is 6.61. The highest BCUT2D eigenvalue weighted by Crippen LogP contribution is 2.09. The molecule has 0 amide bonds. The Morgan fingerprint density at radius 3 is 3.09 bits per heavy atom. The zero-order valence-electron chi connectivity index (χ0n) is 5.95. The Kier molecular flexibility index (Phi) is 2.48. The van der Waals surface area contributed by atoms with E-state index >= 15 is 0 Å². The Balaban J connectivity index is 2.65. The quantitative estimate of drug-likeness (QED) is 0.641. The van der Waals surface area contributed by atoms with Crippen molar-refractivity contribution in [3.05, 3.63) is 12.4 Å². The van der Waals surface area contributed by atoms with Crippen LogP contribution in [-0.2, 0) is 6.54 Å². The molecule has 1 rings (SSSR count). The smallest absolute Gasteiger partial charge is 0.409 e. The second-order valence-corrected chi connectivity index (χ2v) is 2.18. The van der Waals surface area contributed by atoms with Gasteiger partial charge in [-0.05, 0) is 6.92 Å². The van der Waals surface area contributed by atoms with Crippen molar-refractivity contribution in [2.24, 2.45) is 0 Å². The van der Waals surface area contributed by atoms with Crippen molar-refractivity contribution in [1.82, 2.24) is 9.78 Å². The third kappa shape index (κ3) is 2.23. The molecule has 5 heteroatoms. The maximum atomic E-state index is 10.2. The molecule has 0 aliphatic carbocycles. The summed E-state index contributed by atoms with van der Waals surface area (Å²) in [6.45, 7) is 2.67. The van der Waals surface area contributed by atoms with Crippen LogP contribution in [0.2, 0.25) is 0 Å². The van der Waals surface area contributed by atoms with Crippen molar-refractivity contribution in [3.8, 4) is 5.75 Å². The first-order chi connectivity index (χ1) is 5.22. The number of aromatic nitrogens is 2. The highest BCUT2D eigenvalue weighted by atomic mass is 35.5. The van der Waals surface area contributed by atoms with Crippen LogP contribution in [0.25, 0.3) is 0 Å². The fourth-order valence-corrected chi connectivity index (χ4v) is 0.752. The summed E-state index contributed by atoms with van der Waals surface area (Å²) in [5.74, 6) is 0.367. The summed E-state index contributed by atoms with van der Waals surface area (Å²) in [5, 5.41) is 3.87. The average Bonchev–Trinajstić information content (AvgIpc) is 2.34. The van der Waals surface area contributed by atoms with E-state index in [0.29, 0.717) is 5.75 Å². The number of hydrogen-bond donors (Lipinski definition) is 0. The molecule has 0 spiro atoms. The van der Waals surface area contributed by atoms with E-state index < -0.39 is 5.43 Å². The molecule has 0 unspecified atom stereocenters. The lowest BCUT2D eigenvalue weighted by Gasteiger charge is -1.92. The number of ether oxygens (including phenoxy) is 1. The van der Waals surface area contributed by atoms with Gasteiger partial charge < -0.3 is 4.74 Å². The van der Waals surface area contributed by atoms with Gasteiger partial charge in [0.05, 0.1) is 12.4 Å². The molecule has 0 bridgehead atoms. The van der Waals surface area contributed by atoms with Crippen molar-refractivity contribution in [2.75, 3.05) is 0 Å². The molecule has 0 N–H and O–H groups in total. The van der Waals surface area contributed by atoms with E-state index in [1.807, 2.05) is 6.92 Å². The molecule has 0 aliphatic rings. The molecule has 0 saturated heterocycles. The number of carbonyl (C=O) groups excluding carboxylic acids is 1. The van der Waals surface area contributed by atoms with Crippen LogP contribution < -0.4 is 4.74 Å². The van der Waals surface area contributed by atoms with Crippen molar-refractivity contribution >= 4 is 17.0 Å². The summed E-state index contributed by atoms with van der Waals surface area (Å²) in [7, 11) is 0. The summed E-state index contributed by atoms with van der Waals surface area (Å²) < 4.78 is 6.17. The second kappa shape index (κ2) is 3.39. The number of nitrogens with zero attached hydrogens (tertiary/aromatic N) is 2. The van der Waals surface area contributed by atoms with Crippen LogP contribution in [0.15, 0.2) is 12.4 Å². The maximum absolute atomic E-state index is 10.2. The largest absolute Gasteiger partial charge is 0.411 e. The summed E-state index contributed by atoms with van der Waals surface area (Å²) in [6.07, 6.45) is 3.03. The van der Waals surface area contributed by atoms with Gasteiger partial charge in [-0.1, -0.05) is 0 Å². The third-order valence-corrected chi connectivity index (χ3v) is 1.21. The number of aryl methyl sites for hydroxylation is 1. The van der Waals surface area contributed by atoms with E-state index in [2.05, 4.69) is 9.84 Å². The molecule has 1 heterocycles. The van der Waals surface area contributed by atoms with Gasteiger partial charge in [-0.3, -0.25) is 4.68 Å². The van der Waals surface area contributed by atoms with E-state index in [1.165, 1.54) is 6.20 Å². The molecule has 60 valence electrons. The summed E-state index contributed by atoms with van der Waals surface area (Å²) in [4.78, 5) is 10.2. The zero-order chi connectivity index (χ0) is 8.27. The lowest BCUT2D eigenvalue weighted by Crippen LogP contribution is -1.95. The Bertz CT molecular complexity index is 259. The van der Waals surface area contributed by atoms with E-state index in [1.54, 1.807) is 10.9 Å². The minimum absolute atomic E-state index is 0.367. The Morgan fingerprint density at radius 2 is 2.64 bits per heavy atom. The Labute approximate surface area is 68.7 Å². The molecule has 0 saturated carbocycles. The van der Waals surface area contributed by atoms with Gasteiger partial charge in [-0.25, -0.2) is 4.79 Å². The van der Waals surface area contributed by atoms with Gasteiger partial charge in [0.2, 0.25) is 0 Å². The predicted octanol–water partition coefficient (Wildman–Crippen LogP) is 1.64.